The van der Waals surface area contributed by atoms with Crippen LogP contribution in [0.4, 0.5) is 0 Å². The average Bonchev–Trinajstić information content (AvgIpc) is 3.64. The van der Waals surface area contributed by atoms with Crippen molar-refractivity contribution < 1.29 is 47.8 Å². The van der Waals surface area contributed by atoms with Gasteiger partial charge in [-0.1, -0.05) is 131 Å². The monoisotopic (exact) mass is 774 g/mol. The van der Waals surface area contributed by atoms with E-state index in [0.717, 1.165) is 6.42 Å². The summed E-state index contributed by atoms with van der Waals surface area (Å²) in [5.41, 5.74) is 13.5. The second-order valence-electron chi connectivity index (χ2n) is 12.4. The van der Waals surface area contributed by atoms with Crippen LogP contribution in [0.15, 0.2) is 109 Å². The van der Waals surface area contributed by atoms with Gasteiger partial charge in [-0.15, -0.1) is 28.8 Å². The predicted octanol–water partition coefficient (Wildman–Crippen LogP) is 3.48. The molecule has 0 spiro atoms. The minimum atomic E-state index is 0. The number of hydrogen-bond acceptors (Lipinski definition) is 0. The van der Waals surface area contributed by atoms with Crippen LogP contribution in [0.25, 0.3) is 33.4 Å². The predicted molar refractivity (Wildman–Crippen MR) is 172 cm³/mol. The SMILES string of the molecule is CC(C)(C)c1cc2c([c-]c1-c1ccccc1)Cc1cc(-c3ccccc3)c(C(C)(C)C)cc1-2.[Cl-].[Cl-].[SiH2]=[Hf+2].c1cc[cH-]c1. The Morgan fingerprint density at radius 1 is 0.619 bits per heavy atom. The van der Waals surface area contributed by atoms with Gasteiger partial charge in [0.05, 0.1) is 0 Å². The average molecular weight is 774 g/mol. The molecule has 0 bridgehead atoms. The molecule has 216 valence electrons. The van der Waals surface area contributed by atoms with E-state index in [0.29, 0.717) is 0 Å². The van der Waals surface area contributed by atoms with Crippen molar-refractivity contribution in [2.75, 3.05) is 0 Å². The Morgan fingerprint density at radius 2 is 1.12 bits per heavy atom. The van der Waals surface area contributed by atoms with Crippen molar-refractivity contribution in [2.45, 2.75) is 58.8 Å². The van der Waals surface area contributed by atoms with Gasteiger partial charge in [0.25, 0.3) is 0 Å². The number of halogens is 2. The van der Waals surface area contributed by atoms with E-state index >= 15 is 0 Å². The van der Waals surface area contributed by atoms with E-state index in [9.17, 15) is 0 Å². The fourth-order valence-corrected chi connectivity index (χ4v) is 5.42. The fourth-order valence-electron chi connectivity index (χ4n) is 5.42. The van der Waals surface area contributed by atoms with Gasteiger partial charge in [-0.05, 0) is 39.5 Å². The zero-order valence-electron chi connectivity index (χ0n) is 25.6. The van der Waals surface area contributed by atoms with E-state index in [4.69, 9.17) is 0 Å². The molecule has 0 saturated carbocycles. The number of benzene rings is 4. The second kappa shape index (κ2) is 15.6. The molecule has 0 atom stereocenters. The standard InChI is InChI=1S/C33H33.C5H5.2ClH.Hf.H2Si/c1-32(2,3)30-20-26-24(18-28(30)22-13-9-7-10-14-22)17-25-19-29(23-15-11-8-12-16-23)31(21-27(25)26)33(4,5)6;1-2-4-5-3-1;;;;/h7-16,18,20-21H,17H2,1-6H3;1-5H;2*1H;;1H2/q2*-1;;;+2;/p-2. The van der Waals surface area contributed by atoms with Crippen LogP contribution in [0.3, 0.4) is 0 Å². The van der Waals surface area contributed by atoms with Crippen LogP contribution in [-0.2, 0) is 40.3 Å². The van der Waals surface area contributed by atoms with Crippen molar-refractivity contribution in [2.24, 2.45) is 0 Å². The van der Waals surface area contributed by atoms with Gasteiger partial charge in [-0.3, -0.25) is 0 Å². The van der Waals surface area contributed by atoms with Gasteiger partial charge in [0.2, 0.25) is 0 Å². The van der Waals surface area contributed by atoms with Crippen molar-refractivity contribution in [3.8, 4) is 33.4 Å². The van der Waals surface area contributed by atoms with E-state index in [-0.39, 0.29) is 35.6 Å². The van der Waals surface area contributed by atoms with Crippen molar-refractivity contribution in [1.82, 2.24) is 0 Å². The zero-order chi connectivity index (χ0) is 28.9. The van der Waals surface area contributed by atoms with Gasteiger partial charge < -0.3 is 24.8 Å². The van der Waals surface area contributed by atoms with Crippen LogP contribution in [0, 0.1) is 6.07 Å². The van der Waals surface area contributed by atoms with Gasteiger partial charge in [0.15, 0.2) is 0 Å². The molecule has 0 radical (unpaired) electrons. The summed E-state index contributed by atoms with van der Waals surface area (Å²) in [6, 6.07) is 42.8. The molecule has 0 saturated heterocycles. The summed E-state index contributed by atoms with van der Waals surface area (Å²) >= 11 is 1.33. The molecule has 1 aliphatic rings. The molecular weight excluding hydrogens is 734 g/mol. The minimum absolute atomic E-state index is 0. The van der Waals surface area contributed by atoms with Gasteiger partial charge in [-0.2, -0.15) is 18.2 Å². The number of fused-ring (bicyclic) bond motifs is 3. The molecule has 42 heavy (non-hydrogen) atoms. The molecule has 0 heterocycles. The summed E-state index contributed by atoms with van der Waals surface area (Å²) in [6.45, 7) is 15.9. The number of rotatable bonds is 2. The first-order chi connectivity index (χ1) is 19.1. The van der Waals surface area contributed by atoms with Crippen molar-refractivity contribution in [3.05, 3.63) is 138 Å². The van der Waals surface area contributed by atoms with Crippen LogP contribution in [0.1, 0.15) is 63.8 Å². The smallest absolute Gasteiger partial charge is 0.172 e. The van der Waals surface area contributed by atoms with Crippen molar-refractivity contribution in [3.63, 3.8) is 0 Å². The van der Waals surface area contributed by atoms with Gasteiger partial charge in [-0.25, -0.2) is 12.1 Å². The molecule has 0 aromatic heterocycles. The van der Waals surface area contributed by atoms with E-state index < -0.39 is 0 Å². The molecule has 5 aromatic carbocycles. The van der Waals surface area contributed by atoms with Crippen LogP contribution < -0.4 is 24.8 Å². The van der Waals surface area contributed by atoms with Gasteiger partial charge >= 0.3 is 29.9 Å². The Kier molecular flexibility index (Phi) is 13.4. The van der Waals surface area contributed by atoms with Crippen molar-refractivity contribution >= 4 is 6.94 Å². The molecule has 1 aliphatic carbocycles. The molecule has 6 rings (SSSR count). The van der Waals surface area contributed by atoms with Gasteiger partial charge in [0.1, 0.15) is 0 Å². The molecule has 4 heteroatoms. The van der Waals surface area contributed by atoms with Gasteiger partial charge in [0, 0.05) is 0 Å². The molecule has 0 N–H and O–H groups in total. The Labute approximate surface area is 282 Å². The quantitative estimate of drug-likeness (QED) is 0.187. The van der Waals surface area contributed by atoms with Crippen molar-refractivity contribution in [1.29, 1.82) is 0 Å². The molecule has 0 unspecified atom stereocenters. The third kappa shape index (κ3) is 8.29. The summed E-state index contributed by atoms with van der Waals surface area (Å²) in [7, 11) is 0. The summed E-state index contributed by atoms with van der Waals surface area (Å²) in [5, 5.41) is 0. The minimum Gasteiger partial charge on any atom is -0.214 e. The van der Waals surface area contributed by atoms with E-state index in [2.05, 4.69) is 126 Å². The van der Waals surface area contributed by atoms with Crippen LogP contribution in [-0.4, -0.2) is 6.94 Å². The maximum atomic E-state index is 3.88. The van der Waals surface area contributed by atoms with E-state index in [1.165, 1.54) is 78.6 Å². The summed E-state index contributed by atoms with van der Waals surface area (Å²) in [6.07, 6.45) is 0.944. The third-order valence-electron chi connectivity index (χ3n) is 7.38. The summed E-state index contributed by atoms with van der Waals surface area (Å²) in [5.74, 6) is 0. The number of hydrogen-bond donors (Lipinski definition) is 0. The van der Waals surface area contributed by atoms with Crippen LogP contribution in [0.5, 0.6) is 0 Å². The molecular formula is C38H40Cl2HfSi-2. The molecule has 0 aliphatic heterocycles. The normalized spacial score (nSPS) is 11.3. The maximum Gasteiger partial charge on any atom is -0.172 e. The summed E-state index contributed by atoms with van der Waals surface area (Å²) < 4.78 is 0. The largest absolute Gasteiger partial charge is 0.214 e. The topological polar surface area (TPSA) is 0 Å². The first-order valence-electron chi connectivity index (χ1n) is 14.0. The molecule has 0 amide bonds. The maximum absolute atomic E-state index is 3.88. The molecule has 0 nitrogen and oxygen atoms in total. The van der Waals surface area contributed by atoms with Crippen LogP contribution >= 0.6 is 0 Å². The Hall–Kier alpha value is -2.10. The summed E-state index contributed by atoms with van der Waals surface area (Å²) in [4.78, 5) is 0. The van der Waals surface area contributed by atoms with E-state index in [1.54, 1.807) is 0 Å². The molecule has 0 fully saturated rings. The Balaban J connectivity index is 0.000000612. The third-order valence-corrected chi connectivity index (χ3v) is 7.38. The zero-order valence-corrected chi connectivity index (χ0v) is 32.1. The molecule has 5 aromatic rings. The van der Waals surface area contributed by atoms with Crippen LogP contribution in [0.2, 0.25) is 0 Å². The Bertz CT molecular complexity index is 1420. The van der Waals surface area contributed by atoms with E-state index in [1.807, 2.05) is 37.3 Å². The fraction of sp³-hybridized carbons (Fsp3) is 0.237. The first kappa shape index (κ1) is 36.1. The first-order valence-corrected chi connectivity index (χ1v) is 22.4. The Morgan fingerprint density at radius 3 is 1.60 bits per heavy atom. The second-order valence-corrected chi connectivity index (χ2v) is 12.4.